The number of pyridine rings is 1. The second-order valence-corrected chi connectivity index (χ2v) is 9.44. The predicted molar refractivity (Wildman–Crippen MR) is 144 cm³/mol. The van der Waals surface area contributed by atoms with Crippen LogP contribution in [0.15, 0.2) is 79.0 Å². The van der Waals surface area contributed by atoms with Crippen molar-refractivity contribution in [1.82, 2.24) is 14.9 Å². The molecule has 0 aliphatic carbocycles. The molecule has 1 aliphatic rings. The number of nitrogens with one attached hydrogen (secondary N) is 1. The first-order valence-electron chi connectivity index (χ1n) is 11.5. The maximum absolute atomic E-state index is 6.20. The van der Waals surface area contributed by atoms with E-state index in [1.165, 1.54) is 28.2 Å². The summed E-state index contributed by atoms with van der Waals surface area (Å²) in [6, 6.07) is 24.7. The van der Waals surface area contributed by atoms with E-state index in [1.807, 2.05) is 42.6 Å². The van der Waals surface area contributed by atoms with E-state index in [0.29, 0.717) is 10.1 Å². The van der Waals surface area contributed by atoms with Crippen LogP contribution in [0.3, 0.4) is 0 Å². The van der Waals surface area contributed by atoms with Crippen molar-refractivity contribution in [2.45, 2.75) is 39.3 Å². The second-order valence-electron chi connectivity index (χ2n) is 8.62. The monoisotopic (exact) mass is 486 g/mol. The predicted octanol–water partition coefficient (Wildman–Crippen LogP) is 6.88. The van der Waals surface area contributed by atoms with Gasteiger partial charge in [-0.2, -0.15) is 0 Å². The van der Waals surface area contributed by atoms with Crippen LogP contribution in [0.1, 0.15) is 47.2 Å². The number of nitrogens with zero attached hydrogens (tertiary/aromatic N) is 3. The van der Waals surface area contributed by atoms with Gasteiger partial charge in [0.25, 0.3) is 0 Å². The molecule has 3 heterocycles. The summed E-state index contributed by atoms with van der Waals surface area (Å²) in [4.78, 5) is 6.88. The second kappa shape index (κ2) is 9.24. The van der Waals surface area contributed by atoms with Crippen molar-refractivity contribution in [1.29, 1.82) is 0 Å². The molecule has 0 amide bonds. The molecular formula is C28H27ClN4S. The van der Waals surface area contributed by atoms with Crippen LogP contribution in [0.4, 0.5) is 5.69 Å². The van der Waals surface area contributed by atoms with Crippen LogP contribution in [-0.2, 0) is 6.42 Å². The van der Waals surface area contributed by atoms with E-state index in [0.717, 1.165) is 17.8 Å². The van der Waals surface area contributed by atoms with Crippen molar-refractivity contribution < 1.29 is 0 Å². The summed E-state index contributed by atoms with van der Waals surface area (Å²) in [5.41, 5.74) is 8.14. The van der Waals surface area contributed by atoms with Crippen molar-refractivity contribution in [3.63, 3.8) is 0 Å². The molecule has 4 aromatic rings. The first kappa shape index (κ1) is 22.6. The van der Waals surface area contributed by atoms with Crippen LogP contribution in [0.2, 0.25) is 5.02 Å². The van der Waals surface area contributed by atoms with Gasteiger partial charge in [0.1, 0.15) is 0 Å². The lowest BCUT2D eigenvalue weighted by Gasteiger charge is -2.28. The molecule has 2 aromatic heterocycles. The summed E-state index contributed by atoms with van der Waals surface area (Å²) in [6.07, 6.45) is 2.81. The van der Waals surface area contributed by atoms with Gasteiger partial charge in [-0.3, -0.25) is 4.98 Å². The Morgan fingerprint density at radius 2 is 1.74 bits per heavy atom. The number of para-hydroxylation sites is 1. The Hall–Kier alpha value is -3.15. The summed E-state index contributed by atoms with van der Waals surface area (Å²) in [6.45, 7) is 6.57. The third-order valence-corrected chi connectivity index (χ3v) is 7.17. The molecule has 4 nitrogen and oxygen atoms in total. The molecule has 172 valence electrons. The molecule has 0 spiro atoms. The van der Waals surface area contributed by atoms with Gasteiger partial charge in [-0.15, -0.1) is 0 Å². The number of thiocarbonyl (C=S) groups is 1. The zero-order chi connectivity index (χ0) is 23.8. The van der Waals surface area contributed by atoms with E-state index in [1.54, 1.807) is 0 Å². The quantitative estimate of drug-likeness (QED) is 0.311. The molecule has 0 radical (unpaired) electrons. The van der Waals surface area contributed by atoms with Gasteiger partial charge < -0.3 is 14.8 Å². The lowest BCUT2D eigenvalue weighted by molar-refractivity contribution is 0.565. The summed E-state index contributed by atoms with van der Waals surface area (Å²) >= 11 is 12.1. The van der Waals surface area contributed by atoms with E-state index < -0.39 is 0 Å². The molecule has 6 heteroatoms. The number of anilines is 1. The zero-order valence-electron chi connectivity index (χ0n) is 19.5. The zero-order valence-corrected chi connectivity index (χ0v) is 21.1. The fourth-order valence-electron chi connectivity index (χ4n) is 5.04. The van der Waals surface area contributed by atoms with Crippen LogP contribution >= 0.6 is 23.8 Å². The van der Waals surface area contributed by atoms with E-state index in [-0.39, 0.29) is 12.1 Å². The number of hydrogen-bond acceptors (Lipinski definition) is 2. The van der Waals surface area contributed by atoms with E-state index in [4.69, 9.17) is 23.8 Å². The number of benzene rings is 2. The molecule has 0 bridgehead atoms. The number of halogens is 1. The summed E-state index contributed by atoms with van der Waals surface area (Å²) < 4.78 is 2.37. The van der Waals surface area contributed by atoms with E-state index in [2.05, 4.69) is 76.9 Å². The highest BCUT2D eigenvalue weighted by molar-refractivity contribution is 7.80. The fourth-order valence-corrected chi connectivity index (χ4v) is 5.51. The van der Waals surface area contributed by atoms with Gasteiger partial charge >= 0.3 is 0 Å². The van der Waals surface area contributed by atoms with Gasteiger partial charge in [-0.1, -0.05) is 42.8 Å². The lowest BCUT2D eigenvalue weighted by atomic mass is 9.96. The minimum absolute atomic E-state index is 0.0580. The molecule has 2 aromatic carbocycles. The summed E-state index contributed by atoms with van der Waals surface area (Å²) in [5, 5.41) is 4.94. The van der Waals surface area contributed by atoms with Gasteiger partial charge in [0, 0.05) is 34.0 Å². The third kappa shape index (κ3) is 3.89. The molecule has 0 saturated carbocycles. The summed E-state index contributed by atoms with van der Waals surface area (Å²) in [7, 11) is 0. The van der Waals surface area contributed by atoms with Crippen molar-refractivity contribution in [3.05, 3.63) is 112 Å². The largest absolute Gasteiger partial charge is 0.351 e. The molecule has 1 aliphatic heterocycles. The fraction of sp³-hybridized carbons (Fsp3) is 0.214. The normalized spacial score (nSPS) is 17.8. The SMILES string of the molecule is CCc1ccccc1-n1c(C)cc(C2C(c3ccccn3)NC(=S)N2c2ccc(Cl)cc2)c1C. The molecule has 2 unspecified atom stereocenters. The Labute approximate surface area is 211 Å². The Morgan fingerprint density at radius 3 is 2.44 bits per heavy atom. The van der Waals surface area contributed by atoms with Crippen LogP contribution in [-0.4, -0.2) is 14.7 Å². The maximum Gasteiger partial charge on any atom is 0.174 e. The molecular weight excluding hydrogens is 460 g/mol. The number of rotatable bonds is 5. The molecule has 2 atom stereocenters. The molecule has 1 saturated heterocycles. The van der Waals surface area contributed by atoms with Crippen LogP contribution in [0.5, 0.6) is 0 Å². The van der Waals surface area contributed by atoms with Crippen LogP contribution in [0, 0.1) is 13.8 Å². The molecule has 5 rings (SSSR count). The standard InChI is InChI=1S/C28H27ClN4S/c1-4-20-9-5-6-11-25(20)32-18(2)17-23(19(32)3)27-26(24-10-7-8-16-30-24)31-28(34)33(27)22-14-12-21(29)13-15-22/h5-17,26-27H,4H2,1-3H3,(H,31,34). The van der Waals surface area contributed by atoms with Gasteiger partial charge in [0.05, 0.1) is 17.8 Å². The van der Waals surface area contributed by atoms with Crippen molar-refractivity contribution in [3.8, 4) is 5.69 Å². The van der Waals surface area contributed by atoms with E-state index in [9.17, 15) is 0 Å². The van der Waals surface area contributed by atoms with Gasteiger partial charge in [-0.25, -0.2) is 0 Å². The Balaban J connectivity index is 1.69. The highest BCUT2D eigenvalue weighted by atomic mass is 35.5. The average Bonchev–Trinajstić information content (AvgIpc) is 3.35. The first-order valence-corrected chi connectivity index (χ1v) is 12.3. The van der Waals surface area contributed by atoms with Crippen LogP contribution in [0.25, 0.3) is 5.69 Å². The summed E-state index contributed by atoms with van der Waals surface area (Å²) in [5.74, 6) is 0. The van der Waals surface area contributed by atoms with Crippen molar-refractivity contribution in [2.24, 2.45) is 0 Å². The van der Waals surface area contributed by atoms with Crippen molar-refractivity contribution >= 4 is 34.6 Å². The average molecular weight is 487 g/mol. The highest BCUT2D eigenvalue weighted by Gasteiger charge is 2.42. The first-order chi connectivity index (χ1) is 16.5. The topological polar surface area (TPSA) is 33.1 Å². The number of hydrogen-bond donors (Lipinski definition) is 1. The highest BCUT2D eigenvalue weighted by Crippen LogP contribution is 2.44. The molecule has 1 fully saturated rings. The molecule has 34 heavy (non-hydrogen) atoms. The smallest absolute Gasteiger partial charge is 0.174 e. The minimum Gasteiger partial charge on any atom is -0.351 e. The van der Waals surface area contributed by atoms with Gasteiger partial charge in [0.15, 0.2) is 5.11 Å². The number of aromatic nitrogens is 2. The third-order valence-electron chi connectivity index (χ3n) is 6.61. The van der Waals surface area contributed by atoms with Gasteiger partial charge in [-0.05, 0) is 92.1 Å². The van der Waals surface area contributed by atoms with Crippen molar-refractivity contribution in [2.75, 3.05) is 4.90 Å². The van der Waals surface area contributed by atoms with Gasteiger partial charge in [0.2, 0.25) is 0 Å². The van der Waals surface area contributed by atoms with E-state index >= 15 is 0 Å². The van der Waals surface area contributed by atoms with Crippen LogP contribution < -0.4 is 10.2 Å². The Morgan fingerprint density at radius 1 is 1.00 bits per heavy atom. The molecule has 1 N–H and O–H groups in total. The number of aryl methyl sites for hydroxylation is 2. The lowest BCUT2D eigenvalue weighted by Crippen LogP contribution is -2.29. The Kier molecular flexibility index (Phi) is 6.15. The minimum atomic E-state index is -0.0836. The maximum atomic E-state index is 6.20. The Bertz CT molecular complexity index is 1330.